The van der Waals surface area contributed by atoms with Crippen LogP contribution in [0.4, 0.5) is 0 Å². The Morgan fingerprint density at radius 3 is 2.33 bits per heavy atom. The van der Waals surface area contributed by atoms with Crippen LogP contribution < -0.4 is 5.32 Å². The van der Waals surface area contributed by atoms with E-state index in [1.165, 1.54) is 25.7 Å². The quantitative estimate of drug-likeness (QED) is 0.814. The van der Waals surface area contributed by atoms with Gasteiger partial charge in [-0.3, -0.25) is 14.5 Å². The van der Waals surface area contributed by atoms with Gasteiger partial charge in [-0.05, 0) is 31.6 Å². The first-order valence-corrected chi connectivity index (χ1v) is 8.79. The molecule has 4 nitrogen and oxygen atoms in total. The average molecular weight is 292 g/mol. The highest BCUT2D eigenvalue weighted by Crippen LogP contribution is 2.29. The molecule has 3 atom stereocenters. The van der Waals surface area contributed by atoms with Crippen LogP contribution in [0.15, 0.2) is 0 Å². The minimum Gasteiger partial charge on any atom is -0.302 e. The van der Waals surface area contributed by atoms with E-state index < -0.39 is 0 Å². The summed E-state index contributed by atoms with van der Waals surface area (Å²) in [6.07, 6.45) is 10.8. The number of carbonyl (C=O) groups is 2. The molecule has 0 aromatic rings. The second-order valence-electron chi connectivity index (χ2n) is 7.19. The van der Waals surface area contributed by atoms with E-state index in [1.54, 1.807) is 4.90 Å². The van der Waals surface area contributed by atoms with E-state index in [9.17, 15) is 9.59 Å². The van der Waals surface area contributed by atoms with Crippen LogP contribution in [0.25, 0.3) is 0 Å². The van der Waals surface area contributed by atoms with Crippen molar-refractivity contribution >= 4 is 11.8 Å². The van der Waals surface area contributed by atoms with Crippen LogP contribution in [0.1, 0.15) is 71.1 Å². The summed E-state index contributed by atoms with van der Waals surface area (Å²) in [4.78, 5) is 26.5. The monoisotopic (exact) mass is 292 g/mol. The summed E-state index contributed by atoms with van der Waals surface area (Å²) in [7, 11) is 0. The summed E-state index contributed by atoms with van der Waals surface area (Å²) < 4.78 is 0. The molecule has 0 spiro atoms. The van der Waals surface area contributed by atoms with Gasteiger partial charge in [0.1, 0.15) is 0 Å². The van der Waals surface area contributed by atoms with Gasteiger partial charge in [0.25, 0.3) is 0 Å². The second-order valence-corrected chi connectivity index (χ2v) is 7.19. The zero-order valence-corrected chi connectivity index (χ0v) is 13.1. The number of hydrogen-bond acceptors (Lipinski definition) is 3. The topological polar surface area (TPSA) is 49.4 Å². The molecule has 2 aliphatic carbocycles. The van der Waals surface area contributed by atoms with Crippen molar-refractivity contribution in [2.24, 2.45) is 5.92 Å². The maximum Gasteiger partial charge on any atom is 0.247 e. The fourth-order valence-corrected chi connectivity index (χ4v) is 4.33. The summed E-state index contributed by atoms with van der Waals surface area (Å²) >= 11 is 0. The van der Waals surface area contributed by atoms with Crippen molar-refractivity contribution in [3.63, 3.8) is 0 Å². The van der Waals surface area contributed by atoms with Crippen molar-refractivity contribution < 1.29 is 9.59 Å². The molecular formula is C17H28N2O2. The maximum atomic E-state index is 12.6. The van der Waals surface area contributed by atoms with E-state index in [0.29, 0.717) is 18.4 Å². The van der Waals surface area contributed by atoms with Gasteiger partial charge in [0.15, 0.2) is 0 Å². The summed E-state index contributed by atoms with van der Waals surface area (Å²) in [5, 5.41) is 3.50. The Bertz CT molecular complexity index is 404. The highest BCUT2D eigenvalue weighted by Gasteiger charge is 2.43. The van der Waals surface area contributed by atoms with E-state index >= 15 is 0 Å². The predicted molar refractivity (Wildman–Crippen MR) is 81.7 cm³/mol. The first-order valence-electron chi connectivity index (χ1n) is 8.79. The molecule has 2 amide bonds. The van der Waals surface area contributed by atoms with Crippen LogP contribution >= 0.6 is 0 Å². The molecule has 1 heterocycles. The Labute approximate surface area is 127 Å². The average Bonchev–Trinajstić information content (AvgIpc) is 2.77. The molecule has 3 unspecified atom stereocenters. The lowest BCUT2D eigenvalue weighted by Gasteiger charge is -2.32. The number of rotatable bonds is 3. The van der Waals surface area contributed by atoms with Gasteiger partial charge in [-0.2, -0.15) is 0 Å². The Kier molecular flexibility index (Phi) is 4.63. The van der Waals surface area contributed by atoms with Crippen molar-refractivity contribution in [1.29, 1.82) is 0 Å². The number of hydrogen-bond donors (Lipinski definition) is 1. The zero-order valence-electron chi connectivity index (χ0n) is 13.1. The van der Waals surface area contributed by atoms with Gasteiger partial charge in [-0.25, -0.2) is 0 Å². The highest BCUT2D eigenvalue weighted by atomic mass is 16.2. The van der Waals surface area contributed by atoms with Crippen LogP contribution in [0.2, 0.25) is 0 Å². The SMILES string of the molecule is CC1CCCCC1NC1CC(=O)N(C2CCCCC2)C1=O. The summed E-state index contributed by atoms with van der Waals surface area (Å²) in [6, 6.07) is 0.325. The molecule has 1 N–H and O–H groups in total. The van der Waals surface area contributed by atoms with Crippen molar-refractivity contribution in [3.05, 3.63) is 0 Å². The van der Waals surface area contributed by atoms with Crippen LogP contribution in [0.3, 0.4) is 0 Å². The molecule has 0 aromatic heterocycles. The molecule has 1 saturated heterocycles. The Morgan fingerprint density at radius 2 is 1.62 bits per heavy atom. The van der Waals surface area contributed by atoms with Crippen LogP contribution in [-0.4, -0.2) is 34.8 Å². The molecule has 3 fully saturated rings. The molecule has 1 aliphatic heterocycles. The largest absolute Gasteiger partial charge is 0.302 e. The van der Waals surface area contributed by atoms with E-state index in [2.05, 4.69) is 12.2 Å². The fraction of sp³-hybridized carbons (Fsp3) is 0.882. The van der Waals surface area contributed by atoms with E-state index in [4.69, 9.17) is 0 Å². The van der Waals surface area contributed by atoms with Crippen LogP contribution in [-0.2, 0) is 9.59 Å². The van der Waals surface area contributed by atoms with Crippen molar-refractivity contribution in [2.75, 3.05) is 0 Å². The first-order chi connectivity index (χ1) is 10.2. The minimum atomic E-state index is -0.259. The van der Waals surface area contributed by atoms with Gasteiger partial charge in [-0.15, -0.1) is 0 Å². The third-order valence-electron chi connectivity index (χ3n) is 5.65. The third-order valence-corrected chi connectivity index (χ3v) is 5.65. The molecule has 4 heteroatoms. The normalized spacial score (nSPS) is 35.5. The molecule has 3 aliphatic rings. The van der Waals surface area contributed by atoms with Gasteiger partial charge in [0.2, 0.25) is 11.8 Å². The Balaban J connectivity index is 1.62. The van der Waals surface area contributed by atoms with Crippen LogP contribution in [0, 0.1) is 5.92 Å². The number of nitrogens with one attached hydrogen (secondary N) is 1. The molecule has 3 rings (SSSR count). The summed E-state index contributed by atoms with van der Waals surface area (Å²) in [6.45, 7) is 2.26. The first kappa shape index (κ1) is 15.0. The molecule has 2 saturated carbocycles. The number of amides is 2. The van der Waals surface area contributed by atoms with Gasteiger partial charge >= 0.3 is 0 Å². The Hall–Kier alpha value is -0.900. The van der Waals surface area contributed by atoms with Crippen molar-refractivity contribution in [2.45, 2.75) is 89.3 Å². The van der Waals surface area contributed by atoms with E-state index in [0.717, 1.165) is 32.1 Å². The summed E-state index contributed by atoms with van der Waals surface area (Å²) in [5.41, 5.74) is 0. The van der Waals surface area contributed by atoms with Gasteiger partial charge < -0.3 is 5.32 Å². The maximum absolute atomic E-state index is 12.6. The highest BCUT2D eigenvalue weighted by molar-refractivity contribution is 6.05. The third kappa shape index (κ3) is 3.15. The van der Waals surface area contributed by atoms with Gasteiger partial charge in [-0.1, -0.05) is 39.0 Å². The number of imide groups is 1. The standard InChI is InChI=1S/C17H28N2O2/c1-12-7-5-6-10-14(12)18-15-11-16(20)19(17(15)21)13-8-3-2-4-9-13/h12-15,18H,2-11H2,1H3. The number of likely N-dealkylation sites (tertiary alicyclic amines) is 1. The predicted octanol–water partition coefficient (Wildman–Crippen LogP) is 2.61. The lowest BCUT2D eigenvalue weighted by atomic mass is 9.85. The second kappa shape index (κ2) is 6.47. The minimum absolute atomic E-state index is 0.0460. The number of nitrogens with zero attached hydrogens (tertiary/aromatic N) is 1. The molecule has 0 radical (unpaired) electrons. The fourth-order valence-electron chi connectivity index (χ4n) is 4.33. The Morgan fingerprint density at radius 1 is 0.952 bits per heavy atom. The molecule has 0 bridgehead atoms. The smallest absolute Gasteiger partial charge is 0.247 e. The van der Waals surface area contributed by atoms with Crippen LogP contribution in [0.5, 0.6) is 0 Å². The number of carbonyl (C=O) groups excluding carboxylic acids is 2. The van der Waals surface area contributed by atoms with Gasteiger partial charge in [0, 0.05) is 12.1 Å². The van der Waals surface area contributed by atoms with Gasteiger partial charge in [0.05, 0.1) is 12.5 Å². The lowest BCUT2D eigenvalue weighted by molar-refractivity contribution is -0.142. The molecule has 21 heavy (non-hydrogen) atoms. The van der Waals surface area contributed by atoms with Crippen molar-refractivity contribution in [1.82, 2.24) is 10.2 Å². The van der Waals surface area contributed by atoms with E-state index in [1.807, 2.05) is 0 Å². The lowest BCUT2D eigenvalue weighted by Crippen LogP contribution is -2.49. The molecule has 118 valence electrons. The zero-order chi connectivity index (χ0) is 14.8. The molecule has 0 aromatic carbocycles. The summed E-state index contributed by atoms with van der Waals surface area (Å²) in [5.74, 6) is 0.711. The molecular weight excluding hydrogens is 264 g/mol. The van der Waals surface area contributed by atoms with E-state index in [-0.39, 0.29) is 23.9 Å². The van der Waals surface area contributed by atoms with Crippen molar-refractivity contribution in [3.8, 4) is 0 Å².